The number of imidazole rings is 1. The minimum Gasteiger partial charge on any atom is -0.456 e. The van der Waals surface area contributed by atoms with E-state index < -0.39 is 36.1 Å². The van der Waals surface area contributed by atoms with E-state index in [1.54, 1.807) is 16.8 Å². The average molecular weight is 673 g/mol. The smallest absolute Gasteiger partial charge is 0.301 e. The molecular weight excluding hydrogens is 636 g/mol. The number of aromatic nitrogens is 5. The maximum absolute atomic E-state index is 11.9. The van der Waals surface area contributed by atoms with E-state index in [0.29, 0.717) is 46.0 Å². The van der Waals surface area contributed by atoms with Crippen LogP contribution in [0.5, 0.6) is 6.01 Å². The molecule has 12 nitrogen and oxygen atoms in total. The van der Waals surface area contributed by atoms with Gasteiger partial charge in [-0.05, 0) is 18.0 Å². The third-order valence-electron chi connectivity index (χ3n) is 7.52. The number of aliphatic hydroxyl groups excluding tert-OH is 1. The Morgan fingerprint density at radius 1 is 1.11 bits per heavy atom. The van der Waals surface area contributed by atoms with Crippen molar-refractivity contribution < 1.29 is 28.3 Å². The summed E-state index contributed by atoms with van der Waals surface area (Å²) in [6, 6.07) is 10.8. The van der Waals surface area contributed by atoms with E-state index in [9.17, 15) is 9.32 Å². The summed E-state index contributed by atoms with van der Waals surface area (Å²) in [5.41, 5.74) is 4.01. The summed E-state index contributed by atoms with van der Waals surface area (Å²) in [7, 11) is -3.75. The Morgan fingerprint density at radius 2 is 1.84 bits per heavy atom. The Bertz CT molecular complexity index is 1780. The molecule has 0 bridgehead atoms. The maximum Gasteiger partial charge on any atom is 0.301 e. The van der Waals surface area contributed by atoms with E-state index in [2.05, 4.69) is 40.2 Å². The van der Waals surface area contributed by atoms with Gasteiger partial charge in [-0.15, -0.1) is 0 Å². The fraction of sp³-hybridized carbons (Fsp3) is 0.433. The number of nitrogens with one attached hydrogen (secondary N) is 1. The van der Waals surface area contributed by atoms with Crippen LogP contribution in [-0.4, -0.2) is 98.3 Å². The fourth-order valence-electron chi connectivity index (χ4n) is 5.18. The van der Waals surface area contributed by atoms with Crippen molar-refractivity contribution in [2.45, 2.75) is 56.8 Å². The Kier molecular flexibility index (Phi) is 8.91. The molecule has 0 aliphatic carbocycles. The van der Waals surface area contributed by atoms with E-state index in [4.69, 9.17) is 40.5 Å². The first-order valence-electron chi connectivity index (χ1n) is 14.6. The highest BCUT2D eigenvalue weighted by atomic mass is 35.5. The molecule has 45 heavy (non-hydrogen) atoms. The molecule has 240 valence electrons. The minimum absolute atomic E-state index is 0.194. The van der Waals surface area contributed by atoms with Gasteiger partial charge in [0.25, 0.3) is 0 Å². The molecule has 3 aromatic heterocycles. The van der Waals surface area contributed by atoms with Gasteiger partial charge in [0.05, 0.1) is 42.0 Å². The van der Waals surface area contributed by atoms with Crippen LogP contribution in [-0.2, 0) is 30.6 Å². The van der Waals surface area contributed by atoms with Gasteiger partial charge >= 0.3 is 6.01 Å². The van der Waals surface area contributed by atoms with Crippen molar-refractivity contribution in [1.82, 2.24) is 24.5 Å². The normalized spacial score (nSPS) is 22.8. The van der Waals surface area contributed by atoms with Crippen LogP contribution in [0, 0.1) is 0 Å². The van der Waals surface area contributed by atoms with Gasteiger partial charge in [0.15, 0.2) is 17.6 Å². The molecular formula is C30H37ClN6O6SSi. The molecule has 1 unspecified atom stereocenters. The Hall–Kier alpha value is -3.11. The average Bonchev–Trinajstić information content (AvgIpc) is 3.65. The SMILES string of the molecule is C=S(C)(=O)Nc1cnc(-c2ccc(-c3nc4c(cc3Cl)nc(O[C@@H]3CO[C@H]5[C@@H]3OC[C@H]5O)n4COCC[Si](C)(C)C)cc2)cn1. The minimum atomic E-state index is -2.45. The van der Waals surface area contributed by atoms with Crippen LogP contribution in [0.4, 0.5) is 5.82 Å². The lowest BCUT2D eigenvalue weighted by molar-refractivity contribution is 0.00336. The highest BCUT2D eigenvalue weighted by Gasteiger charge is 2.49. The molecule has 0 radical (unpaired) electrons. The lowest BCUT2D eigenvalue weighted by atomic mass is 10.1. The van der Waals surface area contributed by atoms with Crippen molar-refractivity contribution in [3.05, 3.63) is 47.7 Å². The van der Waals surface area contributed by atoms with E-state index in [-0.39, 0.29) is 26.0 Å². The van der Waals surface area contributed by atoms with Crippen LogP contribution in [0.2, 0.25) is 30.7 Å². The first-order valence-corrected chi connectivity index (χ1v) is 20.8. The van der Waals surface area contributed by atoms with Crippen LogP contribution < -0.4 is 9.46 Å². The Labute approximate surface area is 268 Å². The summed E-state index contributed by atoms with van der Waals surface area (Å²) in [6.07, 6.45) is 2.69. The number of rotatable bonds is 11. The van der Waals surface area contributed by atoms with Crippen LogP contribution in [0.1, 0.15) is 0 Å². The largest absolute Gasteiger partial charge is 0.456 e. The molecule has 15 heteroatoms. The molecule has 6 rings (SSSR count). The third-order valence-corrected chi connectivity index (χ3v) is 10.2. The lowest BCUT2D eigenvalue weighted by Gasteiger charge is -2.19. The second-order valence-electron chi connectivity index (χ2n) is 12.6. The van der Waals surface area contributed by atoms with E-state index in [1.165, 1.54) is 12.5 Å². The van der Waals surface area contributed by atoms with Gasteiger partial charge in [0, 0.05) is 41.8 Å². The van der Waals surface area contributed by atoms with Crippen molar-refractivity contribution in [2.75, 3.05) is 30.8 Å². The summed E-state index contributed by atoms with van der Waals surface area (Å²) in [4.78, 5) is 18.4. The maximum atomic E-state index is 11.9. The zero-order chi connectivity index (χ0) is 31.9. The number of nitrogens with zero attached hydrogens (tertiary/aromatic N) is 5. The predicted octanol–water partition coefficient (Wildman–Crippen LogP) is 4.10. The second-order valence-corrected chi connectivity index (χ2v) is 20.9. The molecule has 2 N–H and O–H groups in total. The number of anilines is 1. The van der Waals surface area contributed by atoms with Gasteiger partial charge in [0.1, 0.15) is 30.6 Å². The van der Waals surface area contributed by atoms with Gasteiger partial charge in [-0.25, -0.2) is 14.2 Å². The number of fused-ring (bicyclic) bond motifs is 2. The number of ether oxygens (including phenoxy) is 4. The van der Waals surface area contributed by atoms with Crippen LogP contribution in [0.3, 0.4) is 0 Å². The predicted molar refractivity (Wildman–Crippen MR) is 178 cm³/mol. The first kappa shape index (κ1) is 31.9. The molecule has 2 aliphatic rings. The Morgan fingerprint density at radius 3 is 2.53 bits per heavy atom. The molecule has 5 atom stereocenters. The summed E-state index contributed by atoms with van der Waals surface area (Å²) in [5, 5.41) is 10.6. The van der Waals surface area contributed by atoms with E-state index in [0.717, 1.165) is 17.2 Å². The number of benzene rings is 1. The molecule has 5 heterocycles. The quantitative estimate of drug-likeness (QED) is 0.136. The highest BCUT2D eigenvalue weighted by molar-refractivity contribution is 8.00. The zero-order valence-electron chi connectivity index (χ0n) is 25.6. The molecule has 2 aliphatic heterocycles. The van der Waals surface area contributed by atoms with Crippen molar-refractivity contribution in [2.24, 2.45) is 0 Å². The molecule has 0 amide bonds. The van der Waals surface area contributed by atoms with E-state index in [1.807, 2.05) is 24.3 Å². The van der Waals surface area contributed by atoms with Crippen LogP contribution >= 0.6 is 11.6 Å². The van der Waals surface area contributed by atoms with Crippen LogP contribution in [0.25, 0.3) is 33.7 Å². The summed E-state index contributed by atoms with van der Waals surface area (Å²) < 4.78 is 40.4. The van der Waals surface area contributed by atoms with Gasteiger partial charge in [-0.2, -0.15) is 4.98 Å². The molecule has 1 aromatic carbocycles. The van der Waals surface area contributed by atoms with Crippen molar-refractivity contribution >= 4 is 52.2 Å². The first-order chi connectivity index (χ1) is 21.3. The van der Waals surface area contributed by atoms with Crippen molar-refractivity contribution in [3.8, 4) is 28.5 Å². The fourth-order valence-corrected chi connectivity index (χ4v) is 6.74. The molecule has 2 saturated heterocycles. The monoisotopic (exact) mass is 672 g/mol. The second kappa shape index (κ2) is 12.6. The zero-order valence-corrected chi connectivity index (χ0v) is 28.2. The number of hydrogen-bond donors (Lipinski definition) is 2. The molecule has 0 saturated carbocycles. The number of pyridine rings is 1. The number of halogens is 1. The summed E-state index contributed by atoms with van der Waals surface area (Å²) >= 11 is 6.76. The van der Waals surface area contributed by atoms with Gasteiger partial charge in [-0.3, -0.25) is 14.3 Å². The number of aliphatic hydroxyl groups is 1. The van der Waals surface area contributed by atoms with Crippen molar-refractivity contribution in [1.29, 1.82) is 0 Å². The van der Waals surface area contributed by atoms with E-state index >= 15 is 0 Å². The molecule has 2 fully saturated rings. The summed E-state index contributed by atoms with van der Waals surface area (Å²) in [6.45, 7) is 8.19. The topological polar surface area (TPSA) is 143 Å². The van der Waals surface area contributed by atoms with Crippen molar-refractivity contribution in [3.63, 3.8) is 0 Å². The molecule has 0 spiro atoms. The van der Waals surface area contributed by atoms with Gasteiger partial charge < -0.3 is 24.1 Å². The molecule has 4 aromatic rings. The summed E-state index contributed by atoms with van der Waals surface area (Å²) in [5.74, 6) is 3.97. The highest BCUT2D eigenvalue weighted by Crippen LogP contribution is 2.34. The Balaban J connectivity index is 1.28. The third kappa shape index (κ3) is 7.32. The van der Waals surface area contributed by atoms with Gasteiger partial charge in [-0.1, -0.05) is 55.5 Å². The standard InChI is InChI=1S/C30H37ClN6O6SSi/c1-44(2,39)36-25-14-32-22(13-33-25)18-6-8-19(9-7-18)26-20(31)12-21-29(35-26)37(17-40-10-11-45(3,4)5)30(34-21)43-24-16-42-27-23(38)15-41-28(24)27/h6-9,12-14,23-24,27-28,38H,1,10-11,15-17H2,2-5H3,(H,33,36,39)/t23-,24-,27-,28-,44?/m1/s1. The van der Waals surface area contributed by atoms with Gasteiger partial charge in [0.2, 0.25) is 0 Å². The lowest BCUT2D eigenvalue weighted by Crippen LogP contribution is -2.35. The van der Waals surface area contributed by atoms with Crippen LogP contribution in [0.15, 0.2) is 42.7 Å². The number of hydrogen-bond acceptors (Lipinski definition) is 10.